The standard InChI is InChI=1S/C19H24N2OS/c1-12-20-16-10-5-13(11-17(16)23-12)18(22)21-15-8-6-14(7-9-15)19(2,3)4/h6-9,13H,5,10-11H2,1-4H3,(H,21,22). The molecule has 0 bridgehead atoms. The van der Waals surface area contributed by atoms with Crippen molar-refractivity contribution in [3.05, 3.63) is 45.4 Å². The van der Waals surface area contributed by atoms with Crippen molar-refractivity contribution in [2.75, 3.05) is 5.32 Å². The van der Waals surface area contributed by atoms with Crippen LogP contribution in [0, 0.1) is 12.8 Å². The Hall–Kier alpha value is -1.68. The molecule has 0 spiro atoms. The molecule has 1 aliphatic rings. The van der Waals surface area contributed by atoms with E-state index in [2.05, 4.69) is 43.2 Å². The lowest BCUT2D eigenvalue weighted by atomic mass is 9.87. The number of nitrogens with one attached hydrogen (secondary N) is 1. The van der Waals surface area contributed by atoms with Crippen LogP contribution in [0.25, 0.3) is 0 Å². The highest BCUT2D eigenvalue weighted by Gasteiger charge is 2.27. The number of benzene rings is 1. The first-order valence-corrected chi connectivity index (χ1v) is 9.01. The van der Waals surface area contributed by atoms with Gasteiger partial charge in [-0.25, -0.2) is 4.98 Å². The van der Waals surface area contributed by atoms with Crippen molar-refractivity contribution in [3.8, 4) is 0 Å². The molecule has 0 radical (unpaired) electrons. The van der Waals surface area contributed by atoms with Crippen molar-refractivity contribution in [1.29, 1.82) is 0 Å². The Kier molecular flexibility index (Phi) is 4.28. The number of fused-ring (bicyclic) bond motifs is 1. The summed E-state index contributed by atoms with van der Waals surface area (Å²) >= 11 is 1.73. The van der Waals surface area contributed by atoms with Crippen LogP contribution in [-0.2, 0) is 23.1 Å². The molecule has 3 rings (SSSR count). The number of rotatable bonds is 2. The fourth-order valence-electron chi connectivity index (χ4n) is 3.03. The first-order valence-electron chi connectivity index (χ1n) is 8.19. The first kappa shape index (κ1) is 16.2. The molecular formula is C19H24N2OS. The second-order valence-corrected chi connectivity index (χ2v) is 8.65. The van der Waals surface area contributed by atoms with Crippen molar-refractivity contribution in [3.63, 3.8) is 0 Å². The molecule has 1 aromatic heterocycles. The molecule has 0 saturated carbocycles. The summed E-state index contributed by atoms with van der Waals surface area (Å²) in [6.45, 7) is 8.61. The Labute approximate surface area is 142 Å². The van der Waals surface area contributed by atoms with Gasteiger partial charge in [-0.2, -0.15) is 0 Å². The van der Waals surface area contributed by atoms with Crippen molar-refractivity contribution in [2.45, 2.75) is 52.4 Å². The maximum absolute atomic E-state index is 12.5. The van der Waals surface area contributed by atoms with Gasteiger partial charge in [-0.15, -0.1) is 11.3 Å². The molecule has 0 fully saturated rings. The van der Waals surface area contributed by atoms with Crippen LogP contribution in [-0.4, -0.2) is 10.9 Å². The van der Waals surface area contributed by atoms with E-state index in [0.29, 0.717) is 0 Å². The highest BCUT2D eigenvalue weighted by Crippen LogP contribution is 2.30. The van der Waals surface area contributed by atoms with Crippen molar-refractivity contribution in [2.24, 2.45) is 5.92 Å². The highest BCUT2D eigenvalue weighted by molar-refractivity contribution is 7.11. The maximum Gasteiger partial charge on any atom is 0.227 e. The molecular weight excluding hydrogens is 304 g/mol. The van der Waals surface area contributed by atoms with E-state index in [4.69, 9.17) is 0 Å². The Balaban J connectivity index is 1.66. The second kappa shape index (κ2) is 6.08. The number of carbonyl (C=O) groups is 1. The third-order valence-corrected chi connectivity index (χ3v) is 5.47. The third kappa shape index (κ3) is 3.63. The zero-order valence-corrected chi connectivity index (χ0v) is 15.1. The van der Waals surface area contributed by atoms with Crippen LogP contribution in [0.2, 0.25) is 0 Å². The molecule has 1 aliphatic carbocycles. The van der Waals surface area contributed by atoms with Crippen LogP contribution in [0.5, 0.6) is 0 Å². The molecule has 1 aromatic carbocycles. The van der Waals surface area contributed by atoms with E-state index >= 15 is 0 Å². The van der Waals surface area contributed by atoms with Crippen molar-refractivity contribution in [1.82, 2.24) is 4.98 Å². The summed E-state index contributed by atoms with van der Waals surface area (Å²) in [6.07, 6.45) is 2.63. The van der Waals surface area contributed by atoms with Gasteiger partial charge in [0.25, 0.3) is 0 Å². The lowest BCUT2D eigenvalue weighted by molar-refractivity contribution is -0.120. The summed E-state index contributed by atoms with van der Waals surface area (Å²) in [6, 6.07) is 8.20. The number of amides is 1. The van der Waals surface area contributed by atoms with E-state index in [-0.39, 0.29) is 17.2 Å². The molecule has 4 heteroatoms. The van der Waals surface area contributed by atoms with Crippen molar-refractivity contribution >= 4 is 22.9 Å². The van der Waals surface area contributed by atoms with Crippen LogP contribution in [0.15, 0.2) is 24.3 Å². The van der Waals surface area contributed by atoms with E-state index in [1.54, 1.807) is 11.3 Å². The number of nitrogens with zero attached hydrogens (tertiary/aromatic N) is 1. The van der Waals surface area contributed by atoms with E-state index in [1.165, 1.54) is 16.1 Å². The molecule has 1 heterocycles. The first-order chi connectivity index (χ1) is 10.8. The fourth-order valence-corrected chi connectivity index (χ4v) is 4.09. The SMILES string of the molecule is Cc1nc2c(s1)CC(C(=O)Nc1ccc(C(C)(C)C)cc1)CC2. The smallest absolute Gasteiger partial charge is 0.227 e. The van der Waals surface area contributed by atoms with E-state index in [9.17, 15) is 4.79 Å². The molecule has 1 amide bonds. The van der Waals surface area contributed by atoms with Gasteiger partial charge >= 0.3 is 0 Å². The fraction of sp³-hybridized carbons (Fsp3) is 0.474. The molecule has 2 aromatic rings. The monoisotopic (exact) mass is 328 g/mol. The summed E-state index contributed by atoms with van der Waals surface area (Å²) < 4.78 is 0. The Bertz CT molecular complexity index is 710. The van der Waals surface area contributed by atoms with Crippen LogP contribution in [0.3, 0.4) is 0 Å². The molecule has 122 valence electrons. The quantitative estimate of drug-likeness (QED) is 0.882. The lowest BCUT2D eigenvalue weighted by Crippen LogP contribution is -2.27. The van der Waals surface area contributed by atoms with Gasteiger partial charge in [-0.3, -0.25) is 4.79 Å². The molecule has 0 saturated heterocycles. The van der Waals surface area contributed by atoms with Crippen LogP contribution in [0.4, 0.5) is 5.69 Å². The molecule has 3 nitrogen and oxygen atoms in total. The number of thiazole rings is 1. The molecule has 0 aliphatic heterocycles. The van der Waals surface area contributed by atoms with Gasteiger partial charge in [-0.1, -0.05) is 32.9 Å². The summed E-state index contributed by atoms with van der Waals surface area (Å²) in [4.78, 5) is 18.4. The predicted octanol–water partition coefficient (Wildman–Crippen LogP) is 4.49. The Morgan fingerprint density at radius 1 is 1.26 bits per heavy atom. The van der Waals surface area contributed by atoms with Gasteiger partial charge in [0, 0.05) is 16.5 Å². The average molecular weight is 328 g/mol. The van der Waals surface area contributed by atoms with E-state index in [1.807, 2.05) is 19.1 Å². The van der Waals surface area contributed by atoms with Gasteiger partial charge < -0.3 is 5.32 Å². The topological polar surface area (TPSA) is 42.0 Å². The average Bonchev–Trinajstić information content (AvgIpc) is 2.85. The second-order valence-electron chi connectivity index (χ2n) is 7.36. The Morgan fingerprint density at radius 2 is 1.96 bits per heavy atom. The maximum atomic E-state index is 12.5. The largest absolute Gasteiger partial charge is 0.326 e. The number of aryl methyl sites for hydroxylation is 2. The molecule has 1 unspecified atom stereocenters. The number of hydrogen-bond donors (Lipinski definition) is 1. The van der Waals surface area contributed by atoms with E-state index < -0.39 is 0 Å². The van der Waals surface area contributed by atoms with E-state index in [0.717, 1.165) is 30.0 Å². The van der Waals surface area contributed by atoms with Gasteiger partial charge in [0.15, 0.2) is 0 Å². The number of carbonyl (C=O) groups excluding carboxylic acids is 1. The highest BCUT2D eigenvalue weighted by atomic mass is 32.1. The summed E-state index contributed by atoms with van der Waals surface area (Å²) in [7, 11) is 0. The molecule has 1 N–H and O–H groups in total. The molecule has 1 atom stereocenters. The third-order valence-electron chi connectivity index (χ3n) is 4.44. The Morgan fingerprint density at radius 3 is 2.61 bits per heavy atom. The van der Waals surface area contributed by atoms with Crippen LogP contribution >= 0.6 is 11.3 Å². The minimum atomic E-state index is 0.0599. The summed E-state index contributed by atoms with van der Waals surface area (Å²) in [5.74, 6) is 0.190. The number of anilines is 1. The number of aromatic nitrogens is 1. The zero-order chi connectivity index (χ0) is 16.6. The van der Waals surface area contributed by atoms with Crippen LogP contribution in [0.1, 0.15) is 48.3 Å². The zero-order valence-electron chi connectivity index (χ0n) is 14.3. The lowest BCUT2D eigenvalue weighted by Gasteiger charge is -2.21. The minimum Gasteiger partial charge on any atom is -0.326 e. The summed E-state index contributed by atoms with van der Waals surface area (Å²) in [5.41, 5.74) is 3.49. The number of hydrogen-bond acceptors (Lipinski definition) is 3. The van der Waals surface area contributed by atoms with Crippen LogP contribution < -0.4 is 5.32 Å². The summed E-state index contributed by atoms with van der Waals surface area (Å²) in [5, 5.41) is 4.18. The van der Waals surface area contributed by atoms with Gasteiger partial charge in [0.1, 0.15) is 0 Å². The minimum absolute atomic E-state index is 0.0599. The predicted molar refractivity (Wildman–Crippen MR) is 96.1 cm³/mol. The van der Waals surface area contributed by atoms with Gasteiger partial charge in [0.2, 0.25) is 5.91 Å². The van der Waals surface area contributed by atoms with Crippen molar-refractivity contribution < 1.29 is 4.79 Å². The molecule has 23 heavy (non-hydrogen) atoms. The van der Waals surface area contributed by atoms with Gasteiger partial charge in [0.05, 0.1) is 10.7 Å². The van der Waals surface area contributed by atoms with Gasteiger partial charge in [-0.05, 0) is 49.3 Å². The normalized spacial score (nSPS) is 17.7.